The van der Waals surface area contributed by atoms with Gasteiger partial charge in [0.05, 0.1) is 26.8 Å². The number of rotatable bonds is 7. The number of thiazole rings is 1. The number of ether oxygens (including phenoxy) is 2. The molecule has 1 N–H and O–H groups in total. The molecule has 2 heterocycles. The van der Waals surface area contributed by atoms with E-state index < -0.39 is 0 Å². The fraction of sp³-hybridized carbons (Fsp3) is 0.474. The highest BCUT2D eigenvalue weighted by atomic mass is 32.1. The molecule has 2 aromatic rings. The smallest absolute Gasteiger partial charge is 0.234 e. The summed E-state index contributed by atoms with van der Waals surface area (Å²) in [5, 5.41) is 6.11. The highest BCUT2D eigenvalue weighted by Gasteiger charge is 2.22. The van der Waals surface area contributed by atoms with Crippen molar-refractivity contribution in [3.05, 3.63) is 35.3 Å². The van der Waals surface area contributed by atoms with Gasteiger partial charge in [0.1, 0.15) is 11.5 Å². The number of nitrogens with one attached hydrogen (secondary N) is 1. The molecule has 1 aliphatic rings. The van der Waals surface area contributed by atoms with Gasteiger partial charge in [-0.3, -0.25) is 9.69 Å². The first-order valence-corrected chi connectivity index (χ1v) is 9.86. The molecule has 1 amide bonds. The van der Waals surface area contributed by atoms with E-state index in [1.807, 2.05) is 36.7 Å². The second-order valence-corrected chi connectivity index (χ2v) is 7.35. The first-order valence-electron chi connectivity index (χ1n) is 8.98. The molecular weight excluding hydrogens is 364 g/mol. The first-order chi connectivity index (χ1) is 13.1. The van der Waals surface area contributed by atoms with E-state index in [-0.39, 0.29) is 11.9 Å². The van der Waals surface area contributed by atoms with Gasteiger partial charge in [-0.2, -0.15) is 0 Å². The summed E-state index contributed by atoms with van der Waals surface area (Å²) in [5.74, 6) is 1.49. The van der Waals surface area contributed by atoms with Crippen LogP contribution in [0.1, 0.15) is 18.5 Å². The number of amides is 1. The zero-order chi connectivity index (χ0) is 19.2. The second-order valence-electron chi connectivity index (χ2n) is 6.47. The molecule has 1 aliphatic heterocycles. The normalized spacial score (nSPS) is 16.0. The van der Waals surface area contributed by atoms with Gasteiger partial charge in [-0.15, -0.1) is 11.3 Å². The number of carbonyl (C=O) groups is 1. The van der Waals surface area contributed by atoms with Gasteiger partial charge < -0.3 is 19.7 Å². The molecular formula is C19H26N4O3S. The van der Waals surface area contributed by atoms with Crippen LogP contribution < -0.4 is 19.7 Å². The summed E-state index contributed by atoms with van der Waals surface area (Å²) in [6.45, 7) is 5.83. The summed E-state index contributed by atoms with van der Waals surface area (Å²) in [5.41, 5.74) is 0.902. The van der Waals surface area contributed by atoms with Crippen LogP contribution in [0.3, 0.4) is 0 Å². The fourth-order valence-corrected chi connectivity index (χ4v) is 3.91. The van der Waals surface area contributed by atoms with Gasteiger partial charge in [0, 0.05) is 43.3 Å². The van der Waals surface area contributed by atoms with Crippen LogP contribution in [0.15, 0.2) is 29.8 Å². The standard InChI is InChI=1S/C19H26N4O3S/c1-14(16-12-15(25-2)4-5-17(16)26-3)21-18(24)13-22-7-9-23(10-8-22)19-20-6-11-27-19/h4-6,11-12,14H,7-10,13H2,1-3H3,(H,21,24)/t14-/m1/s1. The van der Waals surface area contributed by atoms with Crippen LogP contribution in [-0.2, 0) is 4.79 Å². The lowest BCUT2D eigenvalue weighted by molar-refractivity contribution is -0.123. The molecule has 146 valence electrons. The van der Waals surface area contributed by atoms with Gasteiger partial charge in [0.25, 0.3) is 0 Å². The topological polar surface area (TPSA) is 66.9 Å². The van der Waals surface area contributed by atoms with E-state index in [4.69, 9.17) is 9.47 Å². The van der Waals surface area contributed by atoms with Crippen LogP contribution in [0.4, 0.5) is 5.13 Å². The van der Waals surface area contributed by atoms with E-state index in [0.29, 0.717) is 6.54 Å². The van der Waals surface area contributed by atoms with E-state index in [9.17, 15) is 4.79 Å². The minimum Gasteiger partial charge on any atom is -0.497 e. The van der Waals surface area contributed by atoms with Crippen LogP contribution in [0, 0.1) is 0 Å². The number of benzene rings is 1. The zero-order valence-electron chi connectivity index (χ0n) is 16.0. The molecule has 1 aromatic heterocycles. The number of piperazine rings is 1. The molecule has 8 heteroatoms. The number of hydrogen-bond donors (Lipinski definition) is 1. The average Bonchev–Trinajstić information content (AvgIpc) is 3.22. The van der Waals surface area contributed by atoms with Crippen molar-refractivity contribution >= 4 is 22.4 Å². The number of nitrogens with zero attached hydrogens (tertiary/aromatic N) is 3. The Kier molecular flexibility index (Phi) is 6.52. The van der Waals surface area contributed by atoms with Crippen molar-refractivity contribution in [2.45, 2.75) is 13.0 Å². The number of hydrogen-bond acceptors (Lipinski definition) is 7. The first kappa shape index (κ1) is 19.4. The Morgan fingerprint density at radius 1 is 1.26 bits per heavy atom. The second kappa shape index (κ2) is 9.05. The van der Waals surface area contributed by atoms with Crippen LogP contribution in [-0.4, -0.2) is 62.7 Å². The predicted octanol–water partition coefficient (Wildman–Crippen LogP) is 2.16. The molecule has 1 atom stereocenters. The van der Waals surface area contributed by atoms with Gasteiger partial charge in [-0.25, -0.2) is 4.98 Å². The van der Waals surface area contributed by atoms with Gasteiger partial charge in [-0.1, -0.05) is 0 Å². The molecule has 1 fully saturated rings. The molecule has 0 aliphatic carbocycles. The van der Waals surface area contributed by atoms with Crippen molar-refractivity contribution in [1.29, 1.82) is 0 Å². The summed E-state index contributed by atoms with van der Waals surface area (Å²) in [7, 11) is 3.25. The van der Waals surface area contributed by atoms with Gasteiger partial charge >= 0.3 is 0 Å². The van der Waals surface area contributed by atoms with Crippen LogP contribution in [0.2, 0.25) is 0 Å². The lowest BCUT2D eigenvalue weighted by atomic mass is 10.1. The molecule has 0 radical (unpaired) electrons. The van der Waals surface area contributed by atoms with Gasteiger partial charge in [-0.05, 0) is 25.1 Å². The molecule has 7 nitrogen and oxygen atoms in total. The Balaban J connectivity index is 1.52. The third kappa shape index (κ3) is 4.90. The quantitative estimate of drug-likeness (QED) is 0.782. The van der Waals surface area contributed by atoms with E-state index in [2.05, 4.69) is 20.1 Å². The molecule has 1 saturated heterocycles. The van der Waals surface area contributed by atoms with E-state index >= 15 is 0 Å². The maximum Gasteiger partial charge on any atom is 0.234 e. The third-order valence-corrected chi connectivity index (χ3v) is 5.54. The predicted molar refractivity (Wildman–Crippen MR) is 107 cm³/mol. The monoisotopic (exact) mass is 390 g/mol. The van der Waals surface area contributed by atoms with Crippen molar-refractivity contribution in [3.63, 3.8) is 0 Å². The van der Waals surface area contributed by atoms with Crippen LogP contribution in [0.5, 0.6) is 11.5 Å². The Hall–Kier alpha value is -2.32. The van der Waals surface area contributed by atoms with Crippen molar-refractivity contribution in [3.8, 4) is 11.5 Å². The highest BCUT2D eigenvalue weighted by Crippen LogP contribution is 2.29. The van der Waals surface area contributed by atoms with Gasteiger partial charge in [0.2, 0.25) is 5.91 Å². The van der Waals surface area contributed by atoms with Gasteiger partial charge in [0.15, 0.2) is 5.13 Å². The summed E-state index contributed by atoms with van der Waals surface area (Å²) in [6, 6.07) is 5.43. The number of aromatic nitrogens is 1. The van der Waals surface area contributed by atoms with Crippen LogP contribution in [0.25, 0.3) is 0 Å². The molecule has 0 spiro atoms. The zero-order valence-corrected chi connectivity index (χ0v) is 16.8. The lowest BCUT2D eigenvalue weighted by Crippen LogP contribution is -2.49. The van der Waals surface area contributed by atoms with Crippen LogP contribution >= 0.6 is 11.3 Å². The highest BCUT2D eigenvalue weighted by molar-refractivity contribution is 7.13. The molecule has 0 unspecified atom stereocenters. The maximum atomic E-state index is 12.5. The summed E-state index contributed by atoms with van der Waals surface area (Å²) < 4.78 is 10.7. The van der Waals surface area contributed by atoms with E-state index in [1.54, 1.807) is 25.6 Å². The van der Waals surface area contributed by atoms with E-state index in [1.165, 1.54) is 0 Å². The van der Waals surface area contributed by atoms with E-state index in [0.717, 1.165) is 48.4 Å². The molecule has 0 saturated carbocycles. The fourth-order valence-electron chi connectivity index (χ4n) is 3.22. The molecule has 0 bridgehead atoms. The van der Waals surface area contributed by atoms with Crippen molar-refractivity contribution in [1.82, 2.24) is 15.2 Å². The van der Waals surface area contributed by atoms with Crippen molar-refractivity contribution in [2.24, 2.45) is 0 Å². The number of carbonyl (C=O) groups excluding carboxylic acids is 1. The third-order valence-electron chi connectivity index (χ3n) is 4.71. The molecule has 1 aromatic carbocycles. The van der Waals surface area contributed by atoms with Crippen molar-refractivity contribution in [2.75, 3.05) is 51.8 Å². The Labute approximate surface area is 163 Å². The average molecular weight is 391 g/mol. The summed E-state index contributed by atoms with van der Waals surface area (Å²) in [6.07, 6.45) is 1.83. The Bertz CT molecular complexity index is 745. The SMILES string of the molecule is COc1ccc(OC)c([C@@H](C)NC(=O)CN2CCN(c3nccs3)CC2)c1. The number of methoxy groups -OCH3 is 2. The summed E-state index contributed by atoms with van der Waals surface area (Å²) in [4.78, 5) is 21.3. The maximum absolute atomic E-state index is 12.5. The molecule has 27 heavy (non-hydrogen) atoms. The minimum atomic E-state index is -0.167. The Morgan fingerprint density at radius 3 is 2.67 bits per heavy atom. The minimum absolute atomic E-state index is 0.00933. The lowest BCUT2D eigenvalue weighted by Gasteiger charge is -2.34. The Morgan fingerprint density at radius 2 is 2.04 bits per heavy atom. The molecule has 3 rings (SSSR count). The largest absolute Gasteiger partial charge is 0.497 e. The summed E-state index contributed by atoms with van der Waals surface area (Å²) >= 11 is 1.65. The number of anilines is 1. The van der Waals surface area contributed by atoms with Crippen molar-refractivity contribution < 1.29 is 14.3 Å².